The second-order valence-corrected chi connectivity index (χ2v) is 6.36. The zero-order chi connectivity index (χ0) is 17.6. The van der Waals surface area contributed by atoms with E-state index in [0.29, 0.717) is 18.2 Å². The van der Waals surface area contributed by atoms with Gasteiger partial charge in [0.15, 0.2) is 5.96 Å². The van der Waals surface area contributed by atoms with E-state index in [1.807, 2.05) is 6.07 Å². The number of ether oxygens (including phenoxy) is 1. The van der Waals surface area contributed by atoms with Crippen LogP contribution in [0.25, 0.3) is 0 Å². The molecule has 0 radical (unpaired) electrons. The summed E-state index contributed by atoms with van der Waals surface area (Å²) < 4.78 is 18.7. The molecule has 1 aromatic carbocycles. The van der Waals surface area contributed by atoms with Crippen LogP contribution in [0.3, 0.4) is 0 Å². The Hall–Kier alpha value is -2.63. The molecule has 0 aliphatic carbocycles. The average molecular weight is 330 g/mol. The summed E-state index contributed by atoms with van der Waals surface area (Å²) in [6, 6.07) is 9.62. The Balaban J connectivity index is 1.92. The van der Waals surface area contributed by atoms with Gasteiger partial charge in [-0.1, -0.05) is 12.1 Å². The third kappa shape index (κ3) is 5.87. The first kappa shape index (κ1) is 17.7. The number of aliphatic imine (C=N–C) groups is 1. The molecule has 0 saturated heterocycles. The molecule has 2 aromatic rings. The van der Waals surface area contributed by atoms with Gasteiger partial charge in [0, 0.05) is 37.5 Å². The lowest BCUT2D eigenvalue weighted by Gasteiger charge is -2.23. The molecule has 128 valence electrons. The molecular formula is C18H23FN4O. The molecule has 0 unspecified atom stereocenters. The van der Waals surface area contributed by atoms with Gasteiger partial charge >= 0.3 is 0 Å². The SMILES string of the molecule is CN=C(NCc1ccc(Oc2cccc(F)c2)nc1)NC(C)(C)C. The van der Waals surface area contributed by atoms with Crippen molar-refractivity contribution in [1.82, 2.24) is 15.6 Å². The normalized spacial score (nSPS) is 12.0. The Kier molecular flexibility index (Phi) is 5.73. The standard InChI is InChI=1S/C18H23FN4O/c1-18(2,3)23-17(20-4)22-12-13-8-9-16(21-11-13)24-15-7-5-6-14(19)10-15/h5-11H,12H2,1-4H3,(H2,20,22,23). The van der Waals surface area contributed by atoms with Crippen LogP contribution in [-0.2, 0) is 6.54 Å². The van der Waals surface area contributed by atoms with Crippen LogP contribution in [0.2, 0.25) is 0 Å². The Morgan fingerprint density at radius 3 is 2.62 bits per heavy atom. The average Bonchev–Trinajstić information content (AvgIpc) is 2.52. The Morgan fingerprint density at radius 1 is 1.25 bits per heavy atom. The van der Waals surface area contributed by atoms with Crippen LogP contribution in [0.5, 0.6) is 11.6 Å². The number of halogens is 1. The van der Waals surface area contributed by atoms with Gasteiger partial charge < -0.3 is 15.4 Å². The van der Waals surface area contributed by atoms with Crippen LogP contribution < -0.4 is 15.4 Å². The van der Waals surface area contributed by atoms with E-state index < -0.39 is 0 Å². The Bertz CT molecular complexity index is 693. The Morgan fingerprint density at radius 2 is 2.04 bits per heavy atom. The number of guanidine groups is 1. The van der Waals surface area contributed by atoms with E-state index in [1.54, 1.807) is 31.4 Å². The summed E-state index contributed by atoms with van der Waals surface area (Å²) in [7, 11) is 1.73. The molecule has 1 heterocycles. The van der Waals surface area contributed by atoms with Gasteiger partial charge in [0.05, 0.1) is 0 Å². The molecule has 0 amide bonds. The maximum Gasteiger partial charge on any atom is 0.219 e. The van der Waals surface area contributed by atoms with E-state index in [4.69, 9.17) is 4.74 Å². The number of rotatable bonds is 4. The highest BCUT2D eigenvalue weighted by Gasteiger charge is 2.11. The molecule has 0 atom stereocenters. The van der Waals surface area contributed by atoms with Crippen molar-refractivity contribution in [2.45, 2.75) is 32.9 Å². The molecule has 0 aliphatic heterocycles. The van der Waals surface area contributed by atoms with Gasteiger partial charge in [-0.05, 0) is 38.5 Å². The summed E-state index contributed by atoms with van der Waals surface area (Å²) >= 11 is 0. The third-order valence-corrected chi connectivity index (χ3v) is 2.99. The van der Waals surface area contributed by atoms with Crippen molar-refractivity contribution in [1.29, 1.82) is 0 Å². The lowest BCUT2D eigenvalue weighted by Crippen LogP contribution is -2.47. The largest absolute Gasteiger partial charge is 0.439 e. The first-order valence-electron chi connectivity index (χ1n) is 7.73. The molecule has 0 saturated carbocycles. The molecule has 2 rings (SSSR count). The van der Waals surface area contributed by atoms with Crippen molar-refractivity contribution >= 4 is 5.96 Å². The summed E-state index contributed by atoms with van der Waals surface area (Å²) in [5.41, 5.74) is 0.918. The maximum atomic E-state index is 13.1. The molecule has 0 fully saturated rings. The van der Waals surface area contributed by atoms with Gasteiger partial charge in [0.25, 0.3) is 0 Å². The summed E-state index contributed by atoms with van der Waals surface area (Å²) in [6.45, 7) is 6.79. The van der Waals surface area contributed by atoms with E-state index in [1.165, 1.54) is 12.1 Å². The van der Waals surface area contributed by atoms with Crippen LogP contribution in [-0.4, -0.2) is 23.5 Å². The summed E-state index contributed by atoms with van der Waals surface area (Å²) in [4.78, 5) is 8.42. The van der Waals surface area contributed by atoms with E-state index in [-0.39, 0.29) is 11.4 Å². The van der Waals surface area contributed by atoms with E-state index in [2.05, 4.69) is 41.4 Å². The maximum absolute atomic E-state index is 13.1. The van der Waals surface area contributed by atoms with Gasteiger partial charge in [-0.3, -0.25) is 4.99 Å². The van der Waals surface area contributed by atoms with Gasteiger partial charge in [0.1, 0.15) is 11.6 Å². The molecular weight excluding hydrogens is 307 g/mol. The zero-order valence-corrected chi connectivity index (χ0v) is 14.4. The van der Waals surface area contributed by atoms with Crippen molar-refractivity contribution in [3.8, 4) is 11.6 Å². The molecule has 0 bridgehead atoms. The predicted molar refractivity (Wildman–Crippen MR) is 93.8 cm³/mol. The van der Waals surface area contributed by atoms with Crippen LogP contribution in [0.15, 0.2) is 47.6 Å². The molecule has 24 heavy (non-hydrogen) atoms. The van der Waals surface area contributed by atoms with E-state index >= 15 is 0 Å². The number of pyridine rings is 1. The van der Waals surface area contributed by atoms with Gasteiger partial charge in [-0.15, -0.1) is 0 Å². The zero-order valence-electron chi connectivity index (χ0n) is 14.4. The van der Waals surface area contributed by atoms with Crippen molar-refractivity contribution < 1.29 is 9.13 Å². The van der Waals surface area contributed by atoms with Crippen LogP contribution in [0, 0.1) is 5.82 Å². The van der Waals surface area contributed by atoms with E-state index in [0.717, 1.165) is 11.5 Å². The lowest BCUT2D eigenvalue weighted by molar-refractivity contribution is 0.457. The minimum atomic E-state index is -0.342. The minimum absolute atomic E-state index is 0.0667. The highest BCUT2D eigenvalue weighted by Crippen LogP contribution is 2.19. The fraction of sp³-hybridized carbons (Fsp3) is 0.333. The van der Waals surface area contributed by atoms with Crippen LogP contribution in [0.4, 0.5) is 4.39 Å². The molecule has 6 heteroatoms. The second kappa shape index (κ2) is 7.77. The fourth-order valence-electron chi connectivity index (χ4n) is 1.95. The summed E-state index contributed by atoms with van der Waals surface area (Å²) in [5.74, 6) is 1.22. The number of benzene rings is 1. The fourth-order valence-corrected chi connectivity index (χ4v) is 1.95. The highest BCUT2D eigenvalue weighted by molar-refractivity contribution is 5.80. The topological polar surface area (TPSA) is 58.5 Å². The monoisotopic (exact) mass is 330 g/mol. The summed E-state index contributed by atoms with van der Waals surface area (Å²) in [6.07, 6.45) is 1.71. The van der Waals surface area contributed by atoms with Crippen molar-refractivity contribution in [2.75, 3.05) is 7.05 Å². The molecule has 0 aliphatic rings. The smallest absolute Gasteiger partial charge is 0.219 e. The lowest BCUT2D eigenvalue weighted by atomic mass is 10.1. The highest BCUT2D eigenvalue weighted by atomic mass is 19.1. The number of hydrogen-bond acceptors (Lipinski definition) is 3. The number of nitrogens with one attached hydrogen (secondary N) is 2. The number of hydrogen-bond donors (Lipinski definition) is 2. The van der Waals surface area contributed by atoms with Crippen LogP contribution in [0.1, 0.15) is 26.3 Å². The van der Waals surface area contributed by atoms with Gasteiger partial charge in [-0.25, -0.2) is 9.37 Å². The second-order valence-electron chi connectivity index (χ2n) is 6.36. The first-order valence-corrected chi connectivity index (χ1v) is 7.73. The first-order chi connectivity index (χ1) is 11.4. The third-order valence-electron chi connectivity index (χ3n) is 2.99. The van der Waals surface area contributed by atoms with Crippen molar-refractivity contribution in [3.63, 3.8) is 0 Å². The minimum Gasteiger partial charge on any atom is -0.439 e. The van der Waals surface area contributed by atoms with Gasteiger partial charge in [0.2, 0.25) is 5.88 Å². The molecule has 2 N–H and O–H groups in total. The summed E-state index contributed by atoms with van der Waals surface area (Å²) in [5, 5.41) is 6.51. The van der Waals surface area contributed by atoms with Crippen LogP contribution >= 0.6 is 0 Å². The van der Waals surface area contributed by atoms with Gasteiger partial charge in [-0.2, -0.15) is 0 Å². The Labute approximate surface area is 142 Å². The molecule has 1 aromatic heterocycles. The molecule has 5 nitrogen and oxygen atoms in total. The number of nitrogens with zero attached hydrogens (tertiary/aromatic N) is 2. The quantitative estimate of drug-likeness (QED) is 0.666. The van der Waals surface area contributed by atoms with E-state index in [9.17, 15) is 4.39 Å². The molecule has 0 spiro atoms. The number of aromatic nitrogens is 1. The predicted octanol–water partition coefficient (Wildman–Crippen LogP) is 3.48. The van der Waals surface area contributed by atoms with Crippen molar-refractivity contribution in [2.24, 2.45) is 4.99 Å². The van der Waals surface area contributed by atoms with Crippen molar-refractivity contribution in [3.05, 3.63) is 54.0 Å².